The number of carbonyl (C=O) groups excluding carboxylic acids is 1. The molecule has 0 aliphatic rings. The third-order valence-electron chi connectivity index (χ3n) is 4.60. The van der Waals surface area contributed by atoms with Crippen molar-refractivity contribution >= 4 is 51.3 Å². The van der Waals surface area contributed by atoms with E-state index in [9.17, 15) is 4.79 Å². The number of ether oxygens (including phenoxy) is 3. The largest absolute Gasteiger partial charge is 0.493 e. The molecule has 33 heavy (non-hydrogen) atoms. The minimum Gasteiger partial charge on any atom is -0.493 e. The Kier molecular flexibility index (Phi) is 9.14. The van der Waals surface area contributed by atoms with Crippen molar-refractivity contribution < 1.29 is 19.0 Å². The molecule has 0 spiro atoms. The van der Waals surface area contributed by atoms with Crippen LogP contribution in [0, 0.1) is 0 Å². The van der Waals surface area contributed by atoms with Crippen molar-refractivity contribution in [2.24, 2.45) is 5.10 Å². The maximum Gasteiger partial charge on any atom is 0.273 e. The van der Waals surface area contributed by atoms with Crippen molar-refractivity contribution in [2.75, 3.05) is 14.2 Å². The Morgan fingerprint density at radius 2 is 1.88 bits per heavy atom. The average molecular weight is 552 g/mol. The first kappa shape index (κ1) is 25.1. The van der Waals surface area contributed by atoms with Gasteiger partial charge >= 0.3 is 0 Å². The van der Waals surface area contributed by atoms with Gasteiger partial charge in [0.25, 0.3) is 5.91 Å². The highest BCUT2D eigenvalue weighted by molar-refractivity contribution is 9.10. The second-order valence-corrected chi connectivity index (χ2v) is 8.52. The van der Waals surface area contributed by atoms with Gasteiger partial charge in [-0.05, 0) is 51.3 Å². The van der Waals surface area contributed by atoms with Crippen molar-refractivity contribution in [3.63, 3.8) is 0 Å². The molecule has 0 radical (unpaired) electrons. The summed E-state index contributed by atoms with van der Waals surface area (Å²) in [5.41, 5.74) is 4.71. The van der Waals surface area contributed by atoms with E-state index in [1.807, 2.05) is 30.3 Å². The van der Waals surface area contributed by atoms with Gasteiger partial charge in [-0.25, -0.2) is 5.43 Å². The van der Waals surface area contributed by atoms with Crippen LogP contribution in [-0.4, -0.2) is 26.3 Å². The van der Waals surface area contributed by atoms with Gasteiger partial charge in [0, 0.05) is 22.7 Å². The molecule has 0 fully saturated rings. The Bertz CT molecular complexity index is 1140. The number of halogens is 3. The number of carbonyl (C=O) groups is 1. The molecule has 0 saturated heterocycles. The number of amides is 1. The van der Waals surface area contributed by atoms with Crippen LogP contribution < -0.4 is 14.9 Å². The number of nitrogens with one attached hydrogen (secondary N) is 1. The molecule has 0 saturated carbocycles. The Balaban J connectivity index is 1.69. The first-order valence-electron chi connectivity index (χ1n) is 9.77. The lowest BCUT2D eigenvalue weighted by atomic mass is 10.1. The van der Waals surface area contributed by atoms with Crippen LogP contribution in [0.15, 0.2) is 70.2 Å². The molecule has 6 nitrogen and oxygen atoms in total. The van der Waals surface area contributed by atoms with E-state index in [4.69, 9.17) is 37.4 Å². The standard InChI is InChI=1S/C24H21BrCl2N2O4/c1-31-21-11-15(13-28-29-24(30)22(32-2)16-6-4-3-5-7-16)10-19(25)23(21)33-14-17-8-9-18(26)12-20(17)27/h3-13,22H,14H2,1-2H3,(H,29,30)/b28-13-/t22-/m0/s1. The van der Waals surface area contributed by atoms with Crippen molar-refractivity contribution in [3.8, 4) is 11.5 Å². The lowest BCUT2D eigenvalue weighted by Gasteiger charge is -2.14. The molecular weight excluding hydrogens is 531 g/mol. The van der Waals surface area contributed by atoms with E-state index in [1.165, 1.54) is 20.4 Å². The molecule has 3 aromatic rings. The van der Waals surface area contributed by atoms with Crippen LogP contribution in [0.4, 0.5) is 0 Å². The highest BCUT2D eigenvalue weighted by Crippen LogP contribution is 2.37. The predicted octanol–water partition coefficient (Wildman–Crippen LogP) is 6.18. The SMILES string of the molecule is COc1cc(/C=N\NC(=O)[C@@H](OC)c2ccccc2)cc(Br)c1OCc1ccc(Cl)cc1Cl. The van der Waals surface area contributed by atoms with Gasteiger partial charge < -0.3 is 14.2 Å². The zero-order valence-corrected chi connectivity index (χ0v) is 20.9. The first-order valence-corrected chi connectivity index (χ1v) is 11.3. The van der Waals surface area contributed by atoms with E-state index >= 15 is 0 Å². The normalized spacial score (nSPS) is 11.9. The fourth-order valence-electron chi connectivity index (χ4n) is 2.99. The molecule has 0 unspecified atom stereocenters. The number of benzene rings is 3. The van der Waals surface area contributed by atoms with Gasteiger partial charge in [0.15, 0.2) is 17.6 Å². The minimum atomic E-state index is -0.764. The molecule has 3 rings (SSSR count). The van der Waals surface area contributed by atoms with E-state index in [0.717, 1.165) is 11.1 Å². The summed E-state index contributed by atoms with van der Waals surface area (Å²) in [4.78, 5) is 12.5. The molecule has 0 aliphatic carbocycles. The van der Waals surface area contributed by atoms with E-state index < -0.39 is 6.10 Å². The summed E-state index contributed by atoms with van der Waals surface area (Å²) in [5, 5.41) is 5.11. The van der Waals surface area contributed by atoms with Crippen LogP contribution in [0.5, 0.6) is 11.5 Å². The molecule has 9 heteroatoms. The topological polar surface area (TPSA) is 69.2 Å². The average Bonchev–Trinajstić information content (AvgIpc) is 2.80. The van der Waals surface area contributed by atoms with Gasteiger partial charge in [-0.2, -0.15) is 5.10 Å². The summed E-state index contributed by atoms with van der Waals surface area (Å²) in [5.74, 6) is 0.611. The molecule has 1 amide bonds. The summed E-state index contributed by atoms with van der Waals surface area (Å²) >= 11 is 15.7. The third-order valence-corrected chi connectivity index (χ3v) is 5.78. The molecule has 1 atom stereocenters. The number of hydrazone groups is 1. The smallest absolute Gasteiger partial charge is 0.273 e. The summed E-state index contributed by atoms with van der Waals surface area (Å²) in [6, 6.07) is 17.9. The first-order chi connectivity index (χ1) is 15.9. The summed E-state index contributed by atoms with van der Waals surface area (Å²) in [6.45, 7) is 0.229. The summed E-state index contributed by atoms with van der Waals surface area (Å²) in [7, 11) is 3.01. The predicted molar refractivity (Wildman–Crippen MR) is 133 cm³/mol. The Morgan fingerprint density at radius 1 is 1.12 bits per heavy atom. The second-order valence-electron chi connectivity index (χ2n) is 6.82. The molecule has 3 aromatic carbocycles. The monoisotopic (exact) mass is 550 g/mol. The highest BCUT2D eigenvalue weighted by atomic mass is 79.9. The third kappa shape index (κ3) is 6.71. The Labute approximate surface area is 210 Å². The Morgan fingerprint density at radius 3 is 2.55 bits per heavy atom. The number of methoxy groups -OCH3 is 2. The number of hydrogen-bond acceptors (Lipinski definition) is 5. The van der Waals surface area contributed by atoms with E-state index in [2.05, 4.69) is 26.5 Å². The van der Waals surface area contributed by atoms with Gasteiger partial charge in [-0.1, -0.05) is 59.6 Å². The Hall–Kier alpha value is -2.58. The fourth-order valence-corrected chi connectivity index (χ4v) is 4.03. The number of rotatable bonds is 9. The molecule has 0 aliphatic heterocycles. The van der Waals surface area contributed by atoms with Crippen molar-refractivity contribution in [2.45, 2.75) is 12.7 Å². The second kappa shape index (κ2) is 12.0. The minimum absolute atomic E-state index is 0.229. The molecule has 0 heterocycles. The molecule has 1 N–H and O–H groups in total. The van der Waals surface area contributed by atoms with E-state index in [-0.39, 0.29) is 12.5 Å². The maximum atomic E-state index is 12.5. The lowest BCUT2D eigenvalue weighted by molar-refractivity contribution is -0.131. The molecule has 0 bridgehead atoms. The summed E-state index contributed by atoms with van der Waals surface area (Å²) in [6.07, 6.45) is 0.739. The van der Waals surface area contributed by atoms with Gasteiger partial charge in [0.1, 0.15) is 6.61 Å². The quantitative estimate of drug-likeness (QED) is 0.254. The fraction of sp³-hybridized carbons (Fsp3) is 0.167. The van der Waals surface area contributed by atoms with Crippen LogP contribution >= 0.6 is 39.1 Å². The molecular formula is C24H21BrCl2N2O4. The van der Waals surface area contributed by atoms with Crippen molar-refractivity contribution in [1.82, 2.24) is 5.43 Å². The van der Waals surface area contributed by atoms with E-state index in [0.29, 0.717) is 31.6 Å². The zero-order valence-electron chi connectivity index (χ0n) is 17.8. The summed E-state index contributed by atoms with van der Waals surface area (Å²) < 4.78 is 17.4. The number of nitrogens with zero attached hydrogens (tertiary/aromatic N) is 1. The van der Waals surface area contributed by atoms with Crippen LogP contribution in [0.1, 0.15) is 22.8 Å². The van der Waals surface area contributed by atoms with Gasteiger partial charge in [0.2, 0.25) is 0 Å². The number of hydrogen-bond donors (Lipinski definition) is 1. The van der Waals surface area contributed by atoms with Crippen molar-refractivity contribution in [3.05, 3.63) is 91.9 Å². The van der Waals surface area contributed by atoms with Crippen LogP contribution in [0.3, 0.4) is 0 Å². The van der Waals surface area contributed by atoms with Crippen LogP contribution in [0.25, 0.3) is 0 Å². The van der Waals surface area contributed by atoms with E-state index in [1.54, 1.807) is 30.3 Å². The van der Waals surface area contributed by atoms with Crippen LogP contribution in [-0.2, 0) is 16.1 Å². The van der Waals surface area contributed by atoms with Gasteiger partial charge in [0.05, 0.1) is 17.8 Å². The van der Waals surface area contributed by atoms with Crippen molar-refractivity contribution in [1.29, 1.82) is 0 Å². The maximum absolute atomic E-state index is 12.5. The molecule has 172 valence electrons. The van der Waals surface area contributed by atoms with Gasteiger partial charge in [-0.3, -0.25) is 4.79 Å². The zero-order chi connectivity index (χ0) is 23.8. The van der Waals surface area contributed by atoms with Gasteiger partial charge in [-0.15, -0.1) is 0 Å². The lowest BCUT2D eigenvalue weighted by Crippen LogP contribution is -2.26. The van der Waals surface area contributed by atoms with Crippen LogP contribution in [0.2, 0.25) is 10.0 Å². The molecule has 0 aromatic heterocycles. The highest BCUT2D eigenvalue weighted by Gasteiger charge is 2.19.